The second-order valence-corrected chi connectivity index (χ2v) is 8.72. The second kappa shape index (κ2) is 7.00. The Morgan fingerprint density at radius 1 is 1.04 bits per heavy atom. The van der Waals surface area contributed by atoms with Crippen LogP contribution in [0.3, 0.4) is 0 Å². The van der Waals surface area contributed by atoms with Crippen molar-refractivity contribution >= 4 is 39.4 Å². The summed E-state index contributed by atoms with van der Waals surface area (Å²) in [6.45, 7) is 1.26. The first-order chi connectivity index (χ1) is 13.7. The van der Waals surface area contributed by atoms with Crippen LogP contribution >= 0.6 is 22.7 Å². The van der Waals surface area contributed by atoms with Gasteiger partial charge in [0.25, 0.3) is 5.56 Å². The Morgan fingerprint density at radius 3 is 2.71 bits per heavy atom. The maximum Gasteiger partial charge on any atom is 0.275 e. The van der Waals surface area contributed by atoms with E-state index in [0.717, 1.165) is 22.4 Å². The number of hydrogen-bond donors (Lipinski definition) is 0. The third kappa shape index (κ3) is 2.96. The molecular formula is C21H17N3O2S2. The number of carbonyl (C=O) groups excluding carboxylic acids is 1. The molecule has 0 unspecified atom stereocenters. The summed E-state index contributed by atoms with van der Waals surface area (Å²) in [6.07, 6.45) is 0.874. The molecule has 3 aromatic heterocycles. The molecule has 1 aromatic carbocycles. The van der Waals surface area contributed by atoms with Crippen molar-refractivity contribution in [1.29, 1.82) is 0 Å². The summed E-state index contributed by atoms with van der Waals surface area (Å²) < 4.78 is 1.32. The molecule has 0 saturated heterocycles. The highest BCUT2D eigenvalue weighted by atomic mass is 32.1. The average Bonchev–Trinajstić information content (AvgIpc) is 3.41. The molecule has 0 fully saturated rings. The summed E-state index contributed by atoms with van der Waals surface area (Å²) in [4.78, 5) is 30.0. The Hall–Kier alpha value is -2.77. The predicted octanol–water partition coefficient (Wildman–Crippen LogP) is 3.77. The smallest absolute Gasteiger partial charge is 0.275 e. The third-order valence-corrected chi connectivity index (χ3v) is 6.97. The van der Waals surface area contributed by atoms with Gasteiger partial charge >= 0.3 is 0 Å². The molecule has 4 heterocycles. The molecule has 0 radical (unpaired) electrons. The molecule has 0 bridgehead atoms. The van der Waals surface area contributed by atoms with Gasteiger partial charge in [0.2, 0.25) is 5.91 Å². The van der Waals surface area contributed by atoms with E-state index in [0.29, 0.717) is 18.5 Å². The average molecular weight is 408 g/mol. The first-order valence-electron chi connectivity index (χ1n) is 9.07. The summed E-state index contributed by atoms with van der Waals surface area (Å²) in [5, 5.41) is 10.0. The van der Waals surface area contributed by atoms with E-state index in [9.17, 15) is 9.59 Å². The Bertz CT molecular complexity index is 1220. The third-order valence-electron chi connectivity index (χ3n) is 5.07. The molecule has 28 heavy (non-hydrogen) atoms. The Labute approximate surface area is 169 Å². The number of benzene rings is 1. The molecule has 4 aromatic rings. The van der Waals surface area contributed by atoms with E-state index in [1.807, 2.05) is 40.6 Å². The minimum absolute atomic E-state index is 0.0402. The highest BCUT2D eigenvalue weighted by Gasteiger charge is 2.23. The van der Waals surface area contributed by atoms with E-state index in [1.165, 1.54) is 15.1 Å². The molecule has 0 spiro atoms. The van der Waals surface area contributed by atoms with Crippen LogP contribution in [0.2, 0.25) is 0 Å². The van der Waals surface area contributed by atoms with Gasteiger partial charge < -0.3 is 4.90 Å². The predicted molar refractivity (Wildman–Crippen MR) is 113 cm³/mol. The number of amides is 1. The summed E-state index contributed by atoms with van der Waals surface area (Å²) in [7, 11) is 0. The molecule has 1 aliphatic rings. The summed E-state index contributed by atoms with van der Waals surface area (Å²) in [6, 6.07) is 13.5. The highest BCUT2D eigenvalue weighted by molar-refractivity contribution is 7.13. The maximum absolute atomic E-state index is 13.0. The number of fused-ring (bicyclic) bond motifs is 2. The van der Waals surface area contributed by atoms with E-state index < -0.39 is 0 Å². The van der Waals surface area contributed by atoms with Gasteiger partial charge in [-0.3, -0.25) is 9.59 Å². The fraction of sp³-hybridized carbons (Fsp3) is 0.190. The summed E-state index contributed by atoms with van der Waals surface area (Å²) in [5.41, 5.74) is 1.73. The van der Waals surface area contributed by atoms with Crippen LogP contribution in [0.15, 0.2) is 58.0 Å². The highest BCUT2D eigenvalue weighted by Crippen LogP contribution is 2.28. The van der Waals surface area contributed by atoms with E-state index in [2.05, 4.69) is 16.5 Å². The molecule has 7 heteroatoms. The maximum atomic E-state index is 13.0. The molecule has 0 saturated carbocycles. The lowest BCUT2D eigenvalue weighted by Gasteiger charge is -2.27. The monoisotopic (exact) mass is 407 g/mol. The molecule has 5 rings (SSSR count). The van der Waals surface area contributed by atoms with Crippen molar-refractivity contribution in [1.82, 2.24) is 14.7 Å². The van der Waals surface area contributed by atoms with Crippen LogP contribution in [0, 0.1) is 0 Å². The first kappa shape index (κ1) is 17.3. The van der Waals surface area contributed by atoms with Crippen molar-refractivity contribution < 1.29 is 4.79 Å². The van der Waals surface area contributed by atoms with Crippen LogP contribution < -0.4 is 5.56 Å². The number of hydrogen-bond acceptors (Lipinski definition) is 5. The number of thiophene rings is 2. The van der Waals surface area contributed by atoms with Gasteiger partial charge in [-0.2, -0.15) is 5.10 Å². The fourth-order valence-electron chi connectivity index (χ4n) is 3.63. The van der Waals surface area contributed by atoms with Crippen LogP contribution in [0.25, 0.3) is 21.3 Å². The molecule has 140 valence electrons. The molecule has 1 amide bonds. The molecule has 0 aliphatic carbocycles. The van der Waals surface area contributed by atoms with E-state index in [-0.39, 0.29) is 18.0 Å². The van der Waals surface area contributed by atoms with E-state index in [4.69, 9.17) is 0 Å². The van der Waals surface area contributed by atoms with E-state index in [1.54, 1.807) is 28.7 Å². The van der Waals surface area contributed by atoms with Crippen LogP contribution in [-0.4, -0.2) is 27.1 Å². The van der Waals surface area contributed by atoms with Crippen LogP contribution in [0.1, 0.15) is 10.4 Å². The minimum atomic E-state index is -0.225. The Balaban J connectivity index is 1.52. The van der Waals surface area contributed by atoms with Crippen molar-refractivity contribution in [2.75, 3.05) is 6.54 Å². The fourth-order valence-corrected chi connectivity index (χ4v) is 5.24. The zero-order valence-electron chi connectivity index (χ0n) is 15.0. The zero-order chi connectivity index (χ0) is 19.1. The van der Waals surface area contributed by atoms with Gasteiger partial charge in [0.15, 0.2) is 0 Å². The van der Waals surface area contributed by atoms with Crippen molar-refractivity contribution in [2.24, 2.45) is 0 Å². The second-order valence-electron chi connectivity index (χ2n) is 6.77. The van der Waals surface area contributed by atoms with Crippen LogP contribution in [0.5, 0.6) is 0 Å². The van der Waals surface area contributed by atoms with Crippen molar-refractivity contribution in [3.05, 3.63) is 74.0 Å². The lowest BCUT2D eigenvalue weighted by Crippen LogP contribution is -2.40. The molecule has 5 nitrogen and oxygen atoms in total. The van der Waals surface area contributed by atoms with Crippen molar-refractivity contribution in [2.45, 2.75) is 19.5 Å². The molecule has 1 aliphatic heterocycles. The number of nitrogens with zero attached hydrogens (tertiary/aromatic N) is 3. The standard InChI is InChI=1S/C21H17N3O2S2/c25-19(23-9-7-17-14(12-23)8-11-28-17)13-24-21(26)16-5-2-1-4-15(16)20(22-24)18-6-3-10-27-18/h1-6,8,10-11H,7,9,12-13H2. The van der Waals surface area contributed by atoms with E-state index >= 15 is 0 Å². The number of aromatic nitrogens is 2. The molecule has 0 atom stereocenters. The largest absolute Gasteiger partial charge is 0.336 e. The van der Waals surface area contributed by atoms with Crippen LogP contribution in [0.4, 0.5) is 0 Å². The van der Waals surface area contributed by atoms with Gasteiger partial charge in [-0.05, 0) is 40.9 Å². The quantitative estimate of drug-likeness (QED) is 0.519. The lowest BCUT2D eigenvalue weighted by atomic mass is 10.1. The number of carbonyl (C=O) groups is 1. The van der Waals surface area contributed by atoms with Gasteiger partial charge in [-0.25, -0.2) is 4.68 Å². The van der Waals surface area contributed by atoms with Gasteiger partial charge in [-0.1, -0.05) is 24.3 Å². The normalized spacial score (nSPS) is 13.6. The first-order valence-corrected chi connectivity index (χ1v) is 10.8. The molecule has 0 N–H and O–H groups in total. The summed E-state index contributed by atoms with van der Waals surface area (Å²) in [5.74, 6) is -0.0705. The minimum Gasteiger partial charge on any atom is -0.336 e. The SMILES string of the molecule is O=C(Cn1nc(-c2cccs2)c2ccccc2c1=O)N1CCc2sccc2C1. The summed E-state index contributed by atoms with van der Waals surface area (Å²) >= 11 is 3.32. The van der Waals surface area contributed by atoms with Gasteiger partial charge in [0, 0.05) is 23.4 Å². The van der Waals surface area contributed by atoms with Gasteiger partial charge in [0.1, 0.15) is 12.2 Å². The van der Waals surface area contributed by atoms with Crippen molar-refractivity contribution in [3.8, 4) is 10.6 Å². The van der Waals surface area contributed by atoms with Crippen molar-refractivity contribution in [3.63, 3.8) is 0 Å². The lowest BCUT2D eigenvalue weighted by molar-refractivity contribution is -0.133. The number of rotatable bonds is 3. The Morgan fingerprint density at radius 2 is 1.89 bits per heavy atom. The van der Waals surface area contributed by atoms with Gasteiger partial charge in [-0.15, -0.1) is 22.7 Å². The Kier molecular flexibility index (Phi) is 4.33. The molecular weight excluding hydrogens is 390 g/mol. The van der Waals surface area contributed by atoms with Gasteiger partial charge in [0.05, 0.1) is 10.3 Å². The zero-order valence-corrected chi connectivity index (χ0v) is 16.6. The van der Waals surface area contributed by atoms with Crippen LogP contribution in [-0.2, 0) is 24.3 Å². The topological polar surface area (TPSA) is 55.2 Å².